The second kappa shape index (κ2) is 6.18. The largest absolute Gasteiger partial charge is 0.309 e. The van der Waals surface area contributed by atoms with Crippen molar-refractivity contribution < 1.29 is 13.2 Å². The topological polar surface area (TPSA) is 57.7 Å². The maximum atomic E-state index is 13.0. The third kappa shape index (κ3) is 3.32. The maximum Gasteiger partial charge on any atom is 0.231 e. The molecule has 0 N–H and O–H groups in total. The Hall–Kier alpha value is -0.920. The van der Waals surface area contributed by atoms with Crippen LogP contribution in [0.25, 0.3) is 0 Å². The smallest absolute Gasteiger partial charge is 0.231 e. The number of piperidine rings is 1. The van der Waals surface area contributed by atoms with E-state index in [1.807, 2.05) is 24.0 Å². The molecule has 0 bridgehead atoms. The number of rotatable bonds is 2. The molecular weight excluding hydrogens is 380 g/mol. The summed E-state index contributed by atoms with van der Waals surface area (Å²) in [5.74, 6) is -0.206. The Labute approximate surface area is 145 Å². The zero-order chi connectivity index (χ0) is 16.8. The zero-order valence-corrected chi connectivity index (χ0v) is 15.7. The Morgan fingerprint density at radius 2 is 2.09 bits per heavy atom. The first-order chi connectivity index (χ1) is 10.8. The molecule has 2 atom stereocenters. The number of benzene rings is 1. The zero-order valence-electron chi connectivity index (χ0n) is 13.3. The number of carbonyl (C=O) groups excluding carboxylic acids is 1. The molecule has 2 aliphatic heterocycles. The van der Waals surface area contributed by atoms with Crippen molar-refractivity contribution in [3.05, 3.63) is 28.2 Å². The van der Waals surface area contributed by atoms with Crippen LogP contribution in [0.15, 0.2) is 22.7 Å². The highest BCUT2D eigenvalue weighted by Gasteiger charge is 2.37. The highest BCUT2D eigenvalue weighted by Crippen LogP contribution is 2.36. The van der Waals surface area contributed by atoms with Crippen molar-refractivity contribution in [1.82, 2.24) is 4.31 Å². The van der Waals surface area contributed by atoms with Gasteiger partial charge in [-0.1, -0.05) is 15.9 Å². The average molecular weight is 401 g/mol. The Balaban J connectivity index is 1.84. The third-order valence-corrected chi connectivity index (χ3v) is 6.46. The number of nitrogens with zero attached hydrogens (tertiary/aromatic N) is 2. The Morgan fingerprint density at radius 1 is 1.35 bits per heavy atom. The van der Waals surface area contributed by atoms with E-state index in [4.69, 9.17) is 0 Å². The van der Waals surface area contributed by atoms with Crippen LogP contribution >= 0.6 is 15.9 Å². The Kier molecular flexibility index (Phi) is 4.55. The first-order valence-electron chi connectivity index (χ1n) is 7.84. The van der Waals surface area contributed by atoms with Crippen molar-refractivity contribution >= 4 is 37.5 Å². The monoisotopic (exact) mass is 400 g/mol. The Morgan fingerprint density at radius 3 is 2.78 bits per heavy atom. The fraction of sp³-hybridized carbons (Fsp3) is 0.562. The van der Waals surface area contributed by atoms with Gasteiger partial charge in [-0.15, -0.1) is 0 Å². The molecule has 0 unspecified atom stereocenters. The molecule has 23 heavy (non-hydrogen) atoms. The SMILES string of the molecule is C[C@H]1Cc2cc(Br)ccc2N1C(=O)[C@H]1CCCN(S(C)(=O)=O)C1. The van der Waals surface area contributed by atoms with Gasteiger partial charge in [0.15, 0.2) is 0 Å². The lowest BCUT2D eigenvalue weighted by atomic mass is 9.97. The van der Waals surface area contributed by atoms with Crippen LogP contribution < -0.4 is 4.90 Å². The van der Waals surface area contributed by atoms with E-state index >= 15 is 0 Å². The summed E-state index contributed by atoms with van der Waals surface area (Å²) in [6.45, 7) is 2.86. The standard InChI is InChI=1S/C16H21BrN2O3S/c1-11-8-13-9-14(17)5-6-15(13)19(11)16(20)12-4-3-7-18(10-12)23(2,21)22/h5-6,9,11-12H,3-4,7-8,10H2,1-2H3/t11-,12-/m0/s1. The molecule has 3 rings (SSSR count). The van der Waals surface area contributed by atoms with Crippen molar-refractivity contribution in [1.29, 1.82) is 0 Å². The first-order valence-corrected chi connectivity index (χ1v) is 10.5. The molecule has 1 fully saturated rings. The predicted molar refractivity (Wildman–Crippen MR) is 93.9 cm³/mol. The van der Waals surface area contributed by atoms with Gasteiger partial charge in [-0.05, 0) is 49.9 Å². The quantitative estimate of drug-likeness (QED) is 0.765. The molecule has 0 aromatic heterocycles. The second-order valence-corrected chi connectivity index (χ2v) is 9.39. The molecule has 1 amide bonds. The number of halogens is 1. The summed E-state index contributed by atoms with van der Waals surface area (Å²) >= 11 is 3.47. The molecular formula is C16H21BrN2O3S. The van der Waals surface area contributed by atoms with Gasteiger partial charge < -0.3 is 4.90 Å². The Bertz CT molecular complexity index is 735. The molecule has 2 aliphatic rings. The van der Waals surface area contributed by atoms with Crippen molar-refractivity contribution in [2.45, 2.75) is 32.2 Å². The summed E-state index contributed by atoms with van der Waals surface area (Å²) in [7, 11) is -3.24. The van der Waals surface area contributed by atoms with Crippen molar-refractivity contribution in [3.8, 4) is 0 Å². The van der Waals surface area contributed by atoms with E-state index in [9.17, 15) is 13.2 Å². The normalized spacial score (nSPS) is 25.4. The van der Waals surface area contributed by atoms with Crippen LogP contribution in [0.4, 0.5) is 5.69 Å². The van der Waals surface area contributed by atoms with Gasteiger partial charge in [0.1, 0.15) is 0 Å². The minimum atomic E-state index is -3.24. The molecule has 5 nitrogen and oxygen atoms in total. The van der Waals surface area contributed by atoms with Crippen LogP contribution in [0.5, 0.6) is 0 Å². The van der Waals surface area contributed by atoms with Crippen LogP contribution in [0, 0.1) is 5.92 Å². The second-order valence-electron chi connectivity index (χ2n) is 6.49. The number of anilines is 1. The highest BCUT2D eigenvalue weighted by molar-refractivity contribution is 9.10. The molecule has 126 valence electrons. The number of hydrogen-bond acceptors (Lipinski definition) is 3. The van der Waals surface area contributed by atoms with Gasteiger partial charge in [-0.3, -0.25) is 4.79 Å². The lowest BCUT2D eigenvalue weighted by Crippen LogP contribution is -2.48. The van der Waals surface area contributed by atoms with Gasteiger partial charge in [-0.2, -0.15) is 0 Å². The molecule has 0 saturated carbocycles. The number of amides is 1. The van der Waals surface area contributed by atoms with Crippen molar-refractivity contribution in [2.24, 2.45) is 5.92 Å². The summed E-state index contributed by atoms with van der Waals surface area (Å²) in [6.07, 6.45) is 3.53. The van der Waals surface area contributed by atoms with E-state index in [1.54, 1.807) is 0 Å². The molecule has 1 aromatic rings. The van der Waals surface area contributed by atoms with Gasteiger partial charge in [-0.25, -0.2) is 12.7 Å². The molecule has 7 heteroatoms. The number of sulfonamides is 1. The summed E-state index contributed by atoms with van der Waals surface area (Å²) in [5, 5.41) is 0. The molecule has 0 aliphatic carbocycles. The van der Waals surface area contributed by atoms with Crippen molar-refractivity contribution in [3.63, 3.8) is 0 Å². The van der Waals surface area contributed by atoms with Gasteiger partial charge in [0, 0.05) is 29.3 Å². The van der Waals surface area contributed by atoms with Gasteiger partial charge in [0.05, 0.1) is 12.2 Å². The third-order valence-electron chi connectivity index (χ3n) is 4.70. The van der Waals surface area contributed by atoms with Crippen LogP contribution in [-0.2, 0) is 21.2 Å². The van der Waals surface area contributed by atoms with E-state index in [2.05, 4.69) is 22.0 Å². The van der Waals surface area contributed by atoms with Crippen LogP contribution in [0.1, 0.15) is 25.3 Å². The van der Waals surface area contributed by atoms with E-state index < -0.39 is 10.0 Å². The highest BCUT2D eigenvalue weighted by atomic mass is 79.9. The molecule has 0 spiro atoms. The number of hydrogen-bond donors (Lipinski definition) is 0. The van der Waals surface area contributed by atoms with E-state index in [0.717, 1.165) is 35.0 Å². The number of fused-ring (bicyclic) bond motifs is 1. The van der Waals surface area contributed by atoms with E-state index in [1.165, 1.54) is 10.6 Å². The van der Waals surface area contributed by atoms with Crippen molar-refractivity contribution in [2.75, 3.05) is 24.2 Å². The molecule has 1 aromatic carbocycles. The first kappa shape index (κ1) is 16.9. The summed E-state index contributed by atoms with van der Waals surface area (Å²) in [6, 6.07) is 6.09. The van der Waals surface area contributed by atoms with Gasteiger partial charge in [0.25, 0.3) is 0 Å². The lowest BCUT2D eigenvalue weighted by molar-refractivity contribution is -0.123. The van der Waals surface area contributed by atoms with E-state index in [-0.39, 0.29) is 17.9 Å². The van der Waals surface area contributed by atoms with Crippen LogP contribution in [0.3, 0.4) is 0 Å². The maximum absolute atomic E-state index is 13.0. The number of carbonyl (C=O) groups is 1. The van der Waals surface area contributed by atoms with Crippen LogP contribution in [-0.4, -0.2) is 44.0 Å². The lowest BCUT2D eigenvalue weighted by Gasteiger charge is -2.34. The average Bonchev–Trinajstić information content (AvgIpc) is 2.80. The predicted octanol–water partition coefficient (Wildman–Crippen LogP) is 2.40. The van der Waals surface area contributed by atoms with Crippen LogP contribution in [0.2, 0.25) is 0 Å². The minimum Gasteiger partial charge on any atom is -0.309 e. The summed E-state index contributed by atoms with van der Waals surface area (Å²) in [5.41, 5.74) is 2.12. The molecule has 1 saturated heterocycles. The molecule has 0 radical (unpaired) electrons. The minimum absolute atomic E-state index is 0.0481. The summed E-state index contributed by atoms with van der Waals surface area (Å²) in [4.78, 5) is 14.9. The van der Waals surface area contributed by atoms with E-state index in [0.29, 0.717) is 13.1 Å². The van der Waals surface area contributed by atoms with Gasteiger partial charge >= 0.3 is 0 Å². The fourth-order valence-corrected chi connectivity index (χ4v) is 4.90. The van der Waals surface area contributed by atoms with Gasteiger partial charge in [0.2, 0.25) is 15.9 Å². The fourth-order valence-electron chi connectivity index (χ4n) is 3.58. The molecule has 2 heterocycles. The summed E-state index contributed by atoms with van der Waals surface area (Å²) < 4.78 is 26.0.